The molecular weight excluding hydrogens is 266 g/mol. The summed E-state index contributed by atoms with van der Waals surface area (Å²) >= 11 is 0. The average molecular weight is 287 g/mol. The van der Waals surface area contributed by atoms with Crippen LogP contribution in [0.2, 0.25) is 0 Å². The third-order valence-electron chi connectivity index (χ3n) is 3.28. The monoisotopic (exact) mass is 287 g/mol. The lowest BCUT2D eigenvalue weighted by atomic mass is 10.1. The number of nitrogens with two attached hydrogens (primary N) is 1. The van der Waals surface area contributed by atoms with Gasteiger partial charge in [0.05, 0.1) is 20.3 Å². The van der Waals surface area contributed by atoms with E-state index in [2.05, 4.69) is 0 Å². The van der Waals surface area contributed by atoms with Crippen molar-refractivity contribution < 1.29 is 14.6 Å². The number of ether oxygens (including phenoxy) is 2. The van der Waals surface area contributed by atoms with Crippen LogP contribution in [0, 0.1) is 0 Å². The molecule has 2 aromatic rings. The fraction of sp³-hybridized carbons (Fsp3) is 0.294. The van der Waals surface area contributed by atoms with Crippen molar-refractivity contribution in [3.8, 4) is 5.75 Å². The van der Waals surface area contributed by atoms with Gasteiger partial charge in [0.2, 0.25) is 0 Å². The summed E-state index contributed by atoms with van der Waals surface area (Å²) in [5, 5.41) is 10.1. The van der Waals surface area contributed by atoms with Gasteiger partial charge in [-0.25, -0.2) is 0 Å². The first-order valence-corrected chi connectivity index (χ1v) is 6.90. The molecule has 0 fully saturated rings. The number of hydrogen-bond donors (Lipinski definition) is 2. The van der Waals surface area contributed by atoms with E-state index >= 15 is 0 Å². The standard InChI is InChI=1S/C17H21NO3/c1-20-16-4-2-3-14(9-16)11-21-12-17(19)15-7-5-13(10-18)6-8-15/h2-9,17,19H,10-12,18H2,1H3. The Bertz CT molecular complexity index is 554. The molecule has 0 aliphatic rings. The number of rotatable bonds is 7. The predicted octanol–water partition coefficient (Wildman–Crippen LogP) is 2.40. The van der Waals surface area contributed by atoms with E-state index in [4.69, 9.17) is 15.2 Å². The van der Waals surface area contributed by atoms with Gasteiger partial charge in [0.25, 0.3) is 0 Å². The van der Waals surface area contributed by atoms with E-state index in [-0.39, 0.29) is 6.61 Å². The number of aliphatic hydroxyl groups is 1. The second-order valence-electron chi connectivity index (χ2n) is 4.83. The van der Waals surface area contributed by atoms with Gasteiger partial charge in [-0.3, -0.25) is 0 Å². The van der Waals surface area contributed by atoms with Gasteiger partial charge in [-0.2, -0.15) is 0 Å². The van der Waals surface area contributed by atoms with Crippen molar-refractivity contribution in [1.29, 1.82) is 0 Å². The highest BCUT2D eigenvalue weighted by molar-refractivity contribution is 5.28. The van der Waals surface area contributed by atoms with Crippen LogP contribution >= 0.6 is 0 Å². The molecule has 21 heavy (non-hydrogen) atoms. The van der Waals surface area contributed by atoms with Gasteiger partial charge < -0.3 is 20.3 Å². The van der Waals surface area contributed by atoms with Gasteiger partial charge in [0.1, 0.15) is 11.9 Å². The maximum atomic E-state index is 10.1. The molecule has 1 atom stereocenters. The highest BCUT2D eigenvalue weighted by Crippen LogP contribution is 2.16. The minimum Gasteiger partial charge on any atom is -0.497 e. The van der Waals surface area contributed by atoms with Crippen LogP contribution in [0.15, 0.2) is 48.5 Å². The normalized spacial score (nSPS) is 12.1. The second kappa shape index (κ2) is 7.78. The number of hydrogen-bond acceptors (Lipinski definition) is 4. The summed E-state index contributed by atoms with van der Waals surface area (Å²) in [6.07, 6.45) is -0.637. The highest BCUT2D eigenvalue weighted by atomic mass is 16.5. The Balaban J connectivity index is 1.84. The maximum Gasteiger partial charge on any atom is 0.119 e. The van der Waals surface area contributed by atoms with Crippen LogP contribution in [0.1, 0.15) is 22.8 Å². The van der Waals surface area contributed by atoms with Crippen LogP contribution in [0.5, 0.6) is 5.75 Å². The van der Waals surface area contributed by atoms with E-state index in [0.29, 0.717) is 13.2 Å². The molecule has 0 aliphatic heterocycles. The van der Waals surface area contributed by atoms with Crippen LogP contribution in [-0.4, -0.2) is 18.8 Å². The van der Waals surface area contributed by atoms with Crippen LogP contribution in [0.4, 0.5) is 0 Å². The van der Waals surface area contributed by atoms with Gasteiger partial charge in [-0.15, -0.1) is 0 Å². The van der Waals surface area contributed by atoms with Gasteiger partial charge in [-0.1, -0.05) is 36.4 Å². The molecule has 0 bridgehead atoms. The smallest absolute Gasteiger partial charge is 0.119 e. The van der Waals surface area contributed by atoms with Crippen molar-refractivity contribution in [2.24, 2.45) is 5.73 Å². The predicted molar refractivity (Wildman–Crippen MR) is 81.9 cm³/mol. The van der Waals surface area contributed by atoms with Crippen LogP contribution in [0.3, 0.4) is 0 Å². The molecule has 4 heteroatoms. The Morgan fingerprint density at radius 3 is 2.52 bits per heavy atom. The molecule has 0 radical (unpaired) electrons. The molecule has 0 heterocycles. The van der Waals surface area contributed by atoms with Crippen LogP contribution < -0.4 is 10.5 Å². The van der Waals surface area contributed by atoms with Crippen molar-refractivity contribution >= 4 is 0 Å². The van der Waals surface area contributed by atoms with Gasteiger partial charge in [0, 0.05) is 6.54 Å². The molecule has 4 nitrogen and oxygen atoms in total. The molecule has 0 spiro atoms. The lowest BCUT2D eigenvalue weighted by molar-refractivity contribution is 0.0276. The molecule has 1 unspecified atom stereocenters. The van der Waals surface area contributed by atoms with Crippen LogP contribution in [0.25, 0.3) is 0 Å². The van der Waals surface area contributed by atoms with Crippen LogP contribution in [-0.2, 0) is 17.9 Å². The Morgan fingerprint density at radius 1 is 1.10 bits per heavy atom. The maximum absolute atomic E-state index is 10.1. The quantitative estimate of drug-likeness (QED) is 0.820. The average Bonchev–Trinajstić information content (AvgIpc) is 2.55. The number of methoxy groups -OCH3 is 1. The lowest BCUT2D eigenvalue weighted by Crippen LogP contribution is -2.07. The van der Waals surface area contributed by atoms with Gasteiger partial charge in [0.15, 0.2) is 0 Å². The largest absolute Gasteiger partial charge is 0.497 e. The summed E-state index contributed by atoms with van der Waals surface area (Å²) in [6, 6.07) is 15.3. The molecule has 2 aromatic carbocycles. The molecular formula is C17H21NO3. The third kappa shape index (κ3) is 4.56. The summed E-state index contributed by atoms with van der Waals surface area (Å²) in [5.74, 6) is 0.800. The minimum absolute atomic E-state index is 0.249. The minimum atomic E-state index is -0.637. The Hall–Kier alpha value is -1.88. The molecule has 112 valence electrons. The fourth-order valence-corrected chi connectivity index (χ4v) is 2.02. The van der Waals surface area contributed by atoms with E-state index in [1.165, 1.54) is 0 Å². The molecule has 0 aromatic heterocycles. The van der Waals surface area contributed by atoms with Crippen molar-refractivity contribution in [1.82, 2.24) is 0 Å². The van der Waals surface area contributed by atoms with Gasteiger partial charge >= 0.3 is 0 Å². The number of aliphatic hydroxyl groups excluding tert-OH is 1. The zero-order chi connectivity index (χ0) is 15.1. The summed E-state index contributed by atoms with van der Waals surface area (Å²) in [5.41, 5.74) is 8.44. The van der Waals surface area contributed by atoms with E-state index in [1.807, 2.05) is 48.5 Å². The molecule has 0 saturated heterocycles. The zero-order valence-electron chi connectivity index (χ0n) is 12.2. The van der Waals surface area contributed by atoms with E-state index in [1.54, 1.807) is 7.11 Å². The molecule has 0 amide bonds. The van der Waals surface area contributed by atoms with Crippen molar-refractivity contribution in [2.75, 3.05) is 13.7 Å². The highest BCUT2D eigenvalue weighted by Gasteiger charge is 2.07. The lowest BCUT2D eigenvalue weighted by Gasteiger charge is -2.12. The first kappa shape index (κ1) is 15.5. The SMILES string of the molecule is COc1cccc(COCC(O)c2ccc(CN)cc2)c1. The zero-order valence-corrected chi connectivity index (χ0v) is 12.2. The van der Waals surface area contributed by atoms with Crippen molar-refractivity contribution in [3.05, 3.63) is 65.2 Å². The van der Waals surface area contributed by atoms with Crippen molar-refractivity contribution in [2.45, 2.75) is 19.3 Å². The van der Waals surface area contributed by atoms with Gasteiger partial charge in [-0.05, 0) is 28.8 Å². The topological polar surface area (TPSA) is 64.7 Å². The van der Waals surface area contributed by atoms with E-state index in [0.717, 1.165) is 22.4 Å². The second-order valence-corrected chi connectivity index (χ2v) is 4.83. The van der Waals surface area contributed by atoms with E-state index in [9.17, 15) is 5.11 Å². The fourth-order valence-electron chi connectivity index (χ4n) is 2.02. The molecule has 0 saturated carbocycles. The Labute approximate surface area is 125 Å². The number of benzene rings is 2. The summed E-state index contributed by atoms with van der Waals surface area (Å²) in [4.78, 5) is 0. The first-order valence-electron chi connectivity index (χ1n) is 6.90. The molecule has 2 rings (SSSR count). The molecule has 3 N–H and O–H groups in total. The first-order chi connectivity index (χ1) is 10.2. The Morgan fingerprint density at radius 2 is 1.86 bits per heavy atom. The molecule has 0 aliphatic carbocycles. The summed E-state index contributed by atoms with van der Waals surface area (Å²) in [6.45, 7) is 1.19. The summed E-state index contributed by atoms with van der Waals surface area (Å²) in [7, 11) is 1.63. The van der Waals surface area contributed by atoms with E-state index < -0.39 is 6.10 Å². The third-order valence-corrected chi connectivity index (χ3v) is 3.28. The Kier molecular flexibility index (Phi) is 5.75. The van der Waals surface area contributed by atoms with Crippen molar-refractivity contribution in [3.63, 3.8) is 0 Å². The summed E-state index contributed by atoms with van der Waals surface area (Å²) < 4.78 is 10.7.